The van der Waals surface area contributed by atoms with Crippen molar-refractivity contribution in [1.29, 1.82) is 0 Å². The van der Waals surface area contributed by atoms with Crippen LogP contribution in [-0.4, -0.2) is 33.7 Å². The van der Waals surface area contributed by atoms with E-state index in [4.69, 9.17) is 17.3 Å². The summed E-state index contributed by atoms with van der Waals surface area (Å²) in [6, 6.07) is 16.0. The summed E-state index contributed by atoms with van der Waals surface area (Å²) in [6.45, 7) is 2.55. The summed E-state index contributed by atoms with van der Waals surface area (Å²) in [5.41, 5.74) is 9.11. The molecular weight excluding hydrogens is 416 g/mol. The van der Waals surface area contributed by atoms with Crippen LogP contribution in [0.15, 0.2) is 54.6 Å². The number of hydrogen-bond acceptors (Lipinski definition) is 3. The summed E-state index contributed by atoms with van der Waals surface area (Å²) in [5.74, 6) is -0.714. The Labute approximate surface area is 184 Å². The average molecular weight is 437 g/mol. The average Bonchev–Trinajstić information content (AvgIpc) is 3.05. The molecule has 0 saturated heterocycles. The number of anilines is 1. The minimum Gasteiger partial charge on any atom is -0.365 e. The molecule has 3 aromatic rings. The Hall–Kier alpha value is -3.58. The highest BCUT2D eigenvalue weighted by molar-refractivity contribution is 6.36. The first-order chi connectivity index (χ1) is 14.9. The quantitative estimate of drug-likeness (QED) is 0.601. The molecule has 0 radical (unpaired) electrons. The Balaban J connectivity index is 1.64. The number of Topliss-reactive ketones (excluding diaryl/α,β-unsaturated/α-hetero) is 1. The van der Waals surface area contributed by atoms with Crippen molar-refractivity contribution < 1.29 is 14.4 Å². The van der Waals surface area contributed by atoms with Crippen molar-refractivity contribution in [2.24, 2.45) is 5.73 Å². The lowest BCUT2D eigenvalue weighted by molar-refractivity contribution is 0.0994. The maximum Gasteiger partial charge on any atom is 0.322 e. The third kappa shape index (κ3) is 3.92. The number of amides is 3. The van der Waals surface area contributed by atoms with Crippen LogP contribution in [0.5, 0.6) is 0 Å². The van der Waals surface area contributed by atoms with Crippen LogP contribution in [0.4, 0.5) is 10.5 Å². The largest absolute Gasteiger partial charge is 0.365 e. The van der Waals surface area contributed by atoms with Crippen molar-refractivity contribution in [2.75, 3.05) is 11.9 Å². The summed E-state index contributed by atoms with van der Waals surface area (Å²) in [5, 5.41) is 3.11. The monoisotopic (exact) mass is 436 g/mol. The smallest absolute Gasteiger partial charge is 0.322 e. The number of hydrogen-bond donors (Lipinski definition) is 2. The van der Waals surface area contributed by atoms with E-state index >= 15 is 0 Å². The van der Waals surface area contributed by atoms with E-state index < -0.39 is 5.91 Å². The molecule has 1 aliphatic rings. The van der Waals surface area contributed by atoms with Gasteiger partial charge in [-0.1, -0.05) is 54.1 Å². The van der Waals surface area contributed by atoms with Crippen molar-refractivity contribution >= 4 is 35.0 Å². The van der Waals surface area contributed by atoms with E-state index in [0.717, 1.165) is 11.3 Å². The van der Waals surface area contributed by atoms with Crippen LogP contribution in [0.25, 0.3) is 11.3 Å². The zero-order chi connectivity index (χ0) is 22.1. The Morgan fingerprint density at radius 1 is 1.03 bits per heavy atom. The molecule has 4 rings (SSSR count). The number of ketones is 1. The molecule has 0 fully saturated rings. The number of nitrogens with two attached hydrogens (primary N) is 1. The van der Waals surface area contributed by atoms with Crippen LogP contribution >= 0.6 is 11.6 Å². The molecule has 1 aromatic heterocycles. The lowest BCUT2D eigenvalue weighted by Crippen LogP contribution is -2.41. The molecule has 2 heterocycles. The molecular formula is C23H21ClN4O3. The number of rotatable bonds is 4. The van der Waals surface area contributed by atoms with Crippen molar-refractivity contribution in [3.8, 4) is 11.3 Å². The summed E-state index contributed by atoms with van der Waals surface area (Å²) in [4.78, 5) is 38.2. The van der Waals surface area contributed by atoms with Gasteiger partial charge in [-0.05, 0) is 24.6 Å². The van der Waals surface area contributed by atoms with E-state index in [2.05, 4.69) is 5.32 Å². The SMILES string of the molecule is CC(=O)c1cccc(NC(=O)N2CCn3c(c(C(N)=O)c(Cl)c3-c3ccccc3)C2)c1. The number of benzene rings is 2. The maximum atomic E-state index is 12.9. The van der Waals surface area contributed by atoms with Crippen LogP contribution in [0.2, 0.25) is 5.02 Å². The van der Waals surface area contributed by atoms with E-state index in [9.17, 15) is 14.4 Å². The first kappa shape index (κ1) is 20.7. The van der Waals surface area contributed by atoms with Crippen molar-refractivity contribution in [3.63, 3.8) is 0 Å². The van der Waals surface area contributed by atoms with E-state index in [-0.39, 0.29) is 23.9 Å². The highest BCUT2D eigenvalue weighted by Crippen LogP contribution is 2.37. The van der Waals surface area contributed by atoms with Gasteiger partial charge in [-0.15, -0.1) is 0 Å². The van der Waals surface area contributed by atoms with Gasteiger partial charge in [0.2, 0.25) is 0 Å². The van der Waals surface area contributed by atoms with Gasteiger partial charge in [-0.2, -0.15) is 0 Å². The summed E-state index contributed by atoms with van der Waals surface area (Å²) in [6.07, 6.45) is 0. The summed E-state index contributed by atoms with van der Waals surface area (Å²) >= 11 is 6.58. The molecule has 0 atom stereocenters. The molecule has 0 bridgehead atoms. The van der Waals surface area contributed by atoms with Gasteiger partial charge in [-0.25, -0.2) is 4.79 Å². The normalized spacial score (nSPS) is 12.9. The first-order valence-corrected chi connectivity index (χ1v) is 10.2. The van der Waals surface area contributed by atoms with Crippen LogP contribution in [0, 0.1) is 0 Å². The van der Waals surface area contributed by atoms with E-state index in [1.54, 1.807) is 29.2 Å². The second kappa shape index (κ2) is 8.28. The van der Waals surface area contributed by atoms with Crippen molar-refractivity contribution in [1.82, 2.24) is 9.47 Å². The number of nitrogens with zero attached hydrogens (tertiary/aromatic N) is 2. The van der Waals surface area contributed by atoms with Gasteiger partial charge in [0.1, 0.15) is 0 Å². The fourth-order valence-corrected chi connectivity index (χ4v) is 4.26. The molecule has 7 nitrogen and oxygen atoms in total. The standard InChI is InChI=1S/C23H21ClN4O3/c1-14(29)16-8-5-9-17(12-16)26-23(31)27-10-11-28-18(13-27)19(22(25)30)20(24)21(28)15-6-3-2-4-7-15/h2-9,12H,10-11,13H2,1H3,(H2,25,30)(H,26,31). The Morgan fingerprint density at radius 3 is 2.45 bits per heavy atom. The predicted molar refractivity (Wildman–Crippen MR) is 119 cm³/mol. The lowest BCUT2D eigenvalue weighted by atomic mass is 10.1. The van der Waals surface area contributed by atoms with E-state index in [1.807, 2.05) is 34.9 Å². The summed E-state index contributed by atoms with van der Waals surface area (Å²) < 4.78 is 1.96. The Kier molecular flexibility index (Phi) is 5.52. The molecule has 1 aliphatic heterocycles. The van der Waals surface area contributed by atoms with Crippen molar-refractivity contribution in [2.45, 2.75) is 20.0 Å². The second-order valence-corrected chi connectivity index (χ2v) is 7.73. The topological polar surface area (TPSA) is 97.4 Å². The molecule has 3 N–H and O–H groups in total. The zero-order valence-electron chi connectivity index (χ0n) is 16.9. The number of primary amides is 1. The van der Waals surface area contributed by atoms with Gasteiger partial charge in [0, 0.05) is 24.3 Å². The molecule has 31 heavy (non-hydrogen) atoms. The van der Waals surface area contributed by atoms with Crippen LogP contribution in [-0.2, 0) is 13.1 Å². The Bertz CT molecular complexity index is 1190. The van der Waals surface area contributed by atoms with Gasteiger partial charge in [-0.3, -0.25) is 9.59 Å². The molecule has 2 aromatic carbocycles. The molecule has 0 spiro atoms. The molecule has 0 saturated carbocycles. The van der Waals surface area contributed by atoms with Crippen LogP contribution in [0.3, 0.4) is 0 Å². The van der Waals surface area contributed by atoms with Gasteiger partial charge in [0.25, 0.3) is 5.91 Å². The zero-order valence-corrected chi connectivity index (χ0v) is 17.6. The number of urea groups is 1. The first-order valence-electron chi connectivity index (χ1n) is 9.80. The van der Waals surface area contributed by atoms with Crippen LogP contribution in [0.1, 0.15) is 33.3 Å². The number of aromatic nitrogens is 1. The molecule has 0 unspecified atom stereocenters. The fraction of sp³-hybridized carbons (Fsp3) is 0.174. The number of fused-ring (bicyclic) bond motifs is 1. The highest BCUT2D eigenvalue weighted by Gasteiger charge is 2.31. The van der Waals surface area contributed by atoms with Gasteiger partial charge in [0.05, 0.1) is 28.5 Å². The maximum absolute atomic E-state index is 12.9. The van der Waals surface area contributed by atoms with Gasteiger partial charge >= 0.3 is 6.03 Å². The van der Waals surface area contributed by atoms with Gasteiger partial charge in [0.15, 0.2) is 5.78 Å². The predicted octanol–water partition coefficient (Wildman–Crippen LogP) is 4.16. The fourth-order valence-electron chi connectivity index (χ4n) is 3.85. The molecule has 0 aliphatic carbocycles. The highest BCUT2D eigenvalue weighted by atomic mass is 35.5. The Morgan fingerprint density at radius 2 is 1.77 bits per heavy atom. The lowest BCUT2D eigenvalue weighted by Gasteiger charge is -2.30. The molecule has 158 valence electrons. The van der Waals surface area contributed by atoms with E-state index in [0.29, 0.717) is 35.1 Å². The second-order valence-electron chi connectivity index (χ2n) is 7.35. The number of carbonyl (C=O) groups is 3. The minimum atomic E-state index is -0.632. The minimum absolute atomic E-state index is 0.0823. The van der Waals surface area contributed by atoms with Crippen LogP contribution < -0.4 is 11.1 Å². The summed E-state index contributed by atoms with van der Waals surface area (Å²) in [7, 11) is 0. The third-order valence-electron chi connectivity index (χ3n) is 5.35. The number of carbonyl (C=O) groups excluding carboxylic acids is 3. The van der Waals surface area contributed by atoms with Gasteiger partial charge < -0.3 is 20.5 Å². The van der Waals surface area contributed by atoms with E-state index in [1.165, 1.54) is 6.92 Å². The van der Waals surface area contributed by atoms with Crippen molar-refractivity contribution in [3.05, 3.63) is 76.4 Å². The molecule has 3 amide bonds. The number of halogens is 1. The third-order valence-corrected chi connectivity index (χ3v) is 5.72. The number of nitrogens with one attached hydrogen (secondary N) is 1. The molecule has 8 heteroatoms.